The van der Waals surface area contributed by atoms with Gasteiger partial charge in [0.25, 0.3) is 0 Å². The lowest BCUT2D eigenvalue weighted by molar-refractivity contribution is 0.495. The van der Waals surface area contributed by atoms with E-state index in [9.17, 15) is 0 Å². The molecule has 0 aliphatic rings. The summed E-state index contributed by atoms with van der Waals surface area (Å²) in [6.45, 7) is 2.63. The van der Waals surface area contributed by atoms with E-state index in [-0.39, 0.29) is 0 Å². The van der Waals surface area contributed by atoms with Crippen LogP contribution in [-0.2, 0) is 6.54 Å². The fraction of sp³-hybridized carbons (Fsp3) is 0.167. The molecule has 0 aliphatic heterocycles. The highest BCUT2D eigenvalue weighted by Gasteiger charge is 2.02. The van der Waals surface area contributed by atoms with Crippen molar-refractivity contribution in [2.75, 3.05) is 5.32 Å². The molecular weight excluding hydrogens is 289 g/mol. The molecule has 0 aliphatic carbocycles. The molecule has 0 atom stereocenters. The number of hydrogen-bond donors (Lipinski definition) is 1. The molecule has 1 aromatic carbocycles. The van der Waals surface area contributed by atoms with Gasteiger partial charge in [0.05, 0.1) is 17.3 Å². The highest BCUT2D eigenvalue weighted by atomic mass is 79.9. The van der Waals surface area contributed by atoms with Crippen molar-refractivity contribution in [1.29, 1.82) is 0 Å². The van der Waals surface area contributed by atoms with Crippen LogP contribution in [0, 0.1) is 6.92 Å². The number of halogens is 2. The Morgan fingerprint density at radius 2 is 2.12 bits per heavy atom. The van der Waals surface area contributed by atoms with Crippen molar-refractivity contribution in [3.8, 4) is 0 Å². The predicted molar refractivity (Wildman–Crippen MR) is 69.9 cm³/mol. The molecule has 0 saturated heterocycles. The summed E-state index contributed by atoms with van der Waals surface area (Å²) in [7, 11) is 0. The maximum atomic E-state index is 6.10. The van der Waals surface area contributed by atoms with E-state index in [2.05, 4.69) is 21.2 Å². The van der Waals surface area contributed by atoms with Gasteiger partial charge in [-0.15, -0.1) is 0 Å². The fourth-order valence-corrected chi connectivity index (χ4v) is 2.03. The van der Waals surface area contributed by atoms with Crippen LogP contribution in [0.1, 0.15) is 11.3 Å². The lowest BCUT2D eigenvalue weighted by atomic mass is 10.2. The second-order valence-electron chi connectivity index (χ2n) is 3.54. The van der Waals surface area contributed by atoms with Gasteiger partial charge in [-0.1, -0.05) is 17.7 Å². The monoisotopic (exact) mass is 299 g/mol. The topological polar surface area (TPSA) is 25.2 Å². The van der Waals surface area contributed by atoms with Gasteiger partial charge in [-0.05, 0) is 52.7 Å². The Kier molecular flexibility index (Phi) is 3.56. The van der Waals surface area contributed by atoms with Gasteiger partial charge in [-0.25, -0.2) is 0 Å². The standard InChI is InChI=1S/C12H11BrClNO/c1-8-2-4-11(10(14)6-8)15-7-9-3-5-12(13)16-9/h2-6,15H,7H2,1H3. The minimum Gasteiger partial charge on any atom is -0.452 e. The van der Waals surface area contributed by atoms with Crippen molar-refractivity contribution in [1.82, 2.24) is 0 Å². The molecule has 1 heterocycles. The first-order chi connectivity index (χ1) is 7.65. The molecule has 4 heteroatoms. The normalized spacial score (nSPS) is 10.4. The summed E-state index contributed by atoms with van der Waals surface area (Å²) >= 11 is 9.36. The molecule has 1 N–H and O–H groups in total. The number of nitrogens with one attached hydrogen (secondary N) is 1. The van der Waals surface area contributed by atoms with Gasteiger partial charge in [0, 0.05) is 0 Å². The van der Waals surface area contributed by atoms with Crippen LogP contribution >= 0.6 is 27.5 Å². The molecule has 2 aromatic rings. The van der Waals surface area contributed by atoms with Crippen molar-refractivity contribution in [3.05, 3.63) is 51.3 Å². The molecule has 16 heavy (non-hydrogen) atoms. The van der Waals surface area contributed by atoms with Crippen LogP contribution in [0.2, 0.25) is 5.02 Å². The smallest absolute Gasteiger partial charge is 0.169 e. The fourth-order valence-electron chi connectivity index (χ4n) is 1.39. The van der Waals surface area contributed by atoms with Gasteiger partial charge in [0.1, 0.15) is 5.76 Å². The Morgan fingerprint density at radius 3 is 2.75 bits per heavy atom. The number of benzene rings is 1. The number of anilines is 1. The van der Waals surface area contributed by atoms with Gasteiger partial charge in [-0.2, -0.15) is 0 Å². The van der Waals surface area contributed by atoms with Gasteiger partial charge in [-0.3, -0.25) is 0 Å². The van der Waals surface area contributed by atoms with Crippen LogP contribution in [0.3, 0.4) is 0 Å². The Bertz CT molecular complexity index is 496. The average Bonchev–Trinajstić information content (AvgIpc) is 2.63. The van der Waals surface area contributed by atoms with Crippen molar-refractivity contribution >= 4 is 33.2 Å². The molecule has 2 nitrogen and oxygen atoms in total. The summed E-state index contributed by atoms with van der Waals surface area (Å²) in [5, 5.41) is 3.95. The van der Waals surface area contributed by atoms with Gasteiger partial charge in [0.2, 0.25) is 0 Å². The van der Waals surface area contributed by atoms with E-state index in [0.29, 0.717) is 6.54 Å². The molecule has 84 valence electrons. The van der Waals surface area contributed by atoms with Crippen molar-refractivity contribution < 1.29 is 4.42 Å². The zero-order valence-corrected chi connectivity index (χ0v) is 11.1. The maximum Gasteiger partial charge on any atom is 0.169 e. The number of rotatable bonds is 3. The van der Waals surface area contributed by atoms with Crippen LogP contribution in [-0.4, -0.2) is 0 Å². The van der Waals surface area contributed by atoms with E-state index in [0.717, 1.165) is 26.7 Å². The summed E-state index contributed by atoms with van der Waals surface area (Å²) in [6, 6.07) is 9.71. The quantitative estimate of drug-likeness (QED) is 0.895. The largest absolute Gasteiger partial charge is 0.452 e. The van der Waals surface area contributed by atoms with E-state index in [1.165, 1.54) is 0 Å². The van der Waals surface area contributed by atoms with Crippen molar-refractivity contribution in [2.24, 2.45) is 0 Å². The van der Waals surface area contributed by atoms with E-state index in [4.69, 9.17) is 16.0 Å². The van der Waals surface area contributed by atoms with E-state index in [1.807, 2.05) is 37.3 Å². The van der Waals surface area contributed by atoms with E-state index < -0.39 is 0 Å². The summed E-state index contributed by atoms with van der Waals surface area (Å²) in [5.74, 6) is 0.864. The number of hydrogen-bond acceptors (Lipinski definition) is 2. The Labute approximate surface area is 108 Å². The summed E-state index contributed by atoms with van der Waals surface area (Å²) < 4.78 is 6.12. The van der Waals surface area contributed by atoms with E-state index in [1.54, 1.807) is 0 Å². The first-order valence-electron chi connectivity index (χ1n) is 4.89. The number of aryl methyl sites for hydroxylation is 1. The summed E-state index contributed by atoms with van der Waals surface area (Å²) in [4.78, 5) is 0. The molecule has 0 amide bonds. The van der Waals surface area contributed by atoms with Crippen LogP contribution in [0.5, 0.6) is 0 Å². The van der Waals surface area contributed by atoms with E-state index >= 15 is 0 Å². The van der Waals surface area contributed by atoms with Gasteiger partial charge >= 0.3 is 0 Å². The molecule has 0 unspecified atom stereocenters. The van der Waals surface area contributed by atoms with Gasteiger partial charge < -0.3 is 9.73 Å². The predicted octanol–water partition coefficient (Wildman–Crippen LogP) is 4.62. The minimum absolute atomic E-state index is 0.619. The highest BCUT2D eigenvalue weighted by Crippen LogP contribution is 2.23. The molecule has 2 rings (SSSR count). The molecule has 0 fully saturated rings. The second-order valence-corrected chi connectivity index (χ2v) is 4.73. The highest BCUT2D eigenvalue weighted by molar-refractivity contribution is 9.10. The maximum absolute atomic E-state index is 6.10. The van der Waals surface area contributed by atoms with Crippen LogP contribution in [0.4, 0.5) is 5.69 Å². The first kappa shape index (κ1) is 11.6. The zero-order chi connectivity index (χ0) is 11.5. The third kappa shape index (κ3) is 2.80. The molecule has 0 saturated carbocycles. The summed E-state index contributed by atoms with van der Waals surface area (Å²) in [6.07, 6.45) is 0. The molecule has 0 radical (unpaired) electrons. The molecule has 1 aromatic heterocycles. The minimum atomic E-state index is 0.619. The third-order valence-electron chi connectivity index (χ3n) is 2.21. The van der Waals surface area contributed by atoms with Gasteiger partial charge in [0.15, 0.2) is 4.67 Å². The molecular formula is C12H11BrClNO. The Balaban J connectivity index is 2.04. The Hall–Kier alpha value is -0.930. The lowest BCUT2D eigenvalue weighted by Gasteiger charge is -2.07. The summed E-state index contributed by atoms with van der Waals surface area (Å²) in [5.41, 5.74) is 2.07. The number of furan rings is 1. The van der Waals surface area contributed by atoms with Crippen LogP contribution < -0.4 is 5.32 Å². The SMILES string of the molecule is Cc1ccc(NCc2ccc(Br)o2)c(Cl)c1. The first-order valence-corrected chi connectivity index (χ1v) is 6.06. The Morgan fingerprint density at radius 1 is 1.31 bits per heavy atom. The van der Waals surface area contributed by atoms with Crippen molar-refractivity contribution in [3.63, 3.8) is 0 Å². The average molecular weight is 301 g/mol. The third-order valence-corrected chi connectivity index (χ3v) is 2.95. The van der Waals surface area contributed by atoms with Crippen molar-refractivity contribution in [2.45, 2.75) is 13.5 Å². The van der Waals surface area contributed by atoms with Crippen LogP contribution in [0.15, 0.2) is 39.4 Å². The second kappa shape index (κ2) is 4.93. The molecule has 0 bridgehead atoms. The zero-order valence-electron chi connectivity index (χ0n) is 8.76. The van der Waals surface area contributed by atoms with Crippen LogP contribution in [0.25, 0.3) is 0 Å². The lowest BCUT2D eigenvalue weighted by Crippen LogP contribution is -1.98. The molecule has 0 spiro atoms.